The molecule has 26 heavy (non-hydrogen) atoms. The molecule has 2 heterocycles. The largest absolute Gasteiger partial charge is 0.352 e. The topological polar surface area (TPSA) is 34.0 Å². The minimum absolute atomic E-state index is 0.0585. The van der Waals surface area contributed by atoms with Gasteiger partial charge in [0.05, 0.1) is 6.42 Å². The summed E-state index contributed by atoms with van der Waals surface area (Å²) in [5.41, 5.74) is 3.41. The minimum atomic E-state index is -0.486. The zero-order chi connectivity index (χ0) is 17.9. The van der Waals surface area contributed by atoms with Crippen LogP contribution in [0.5, 0.6) is 0 Å². The van der Waals surface area contributed by atoms with Crippen molar-refractivity contribution in [2.24, 2.45) is 7.05 Å². The molecule has 0 saturated heterocycles. The zero-order valence-corrected chi connectivity index (χ0v) is 15.6. The lowest BCUT2D eigenvalue weighted by molar-refractivity contribution is -0.120. The first-order valence-corrected chi connectivity index (χ1v) is 10.2. The van der Waals surface area contributed by atoms with Crippen molar-refractivity contribution in [3.63, 3.8) is 0 Å². The standard InChI is InChI=1S/C22H22N2OS/c1-24-19-12-6-5-11-18(19)22(26-13-7-8-14-26)20(24)15-21(25)23-16-17-9-3-2-4-10-17/h2-14,26H,15-16H2,1H3,(H,23,25). The van der Waals surface area contributed by atoms with Gasteiger partial charge in [-0.1, -0.05) is 60.7 Å². The maximum atomic E-state index is 12.6. The van der Waals surface area contributed by atoms with Crippen molar-refractivity contribution in [2.75, 3.05) is 0 Å². The highest BCUT2D eigenvalue weighted by molar-refractivity contribution is 8.22. The Morgan fingerprint density at radius 1 is 1.00 bits per heavy atom. The number of aryl methyl sites for hydroxylation is 1. The van der Waals surface area contributed by atoms with E-state index in [1.54, 1.807) is 0 Å². The SMILES string of the molecule is Cn1c(CC(=O)NCc2ccccc2)c([SH]2C=CC=C2)c2ccccc21. The van der Waals surface area contributed by atoms with Gasteiger partial charge in [-0.15, -0.1) is 0 Å². The summed E-state index contributed by atoms with van der Waals surface area (Å²) < 4.78 is 2.18. The van der Waals surface area contributed by atoms with Crippen LogP contribution in [0.3, 0.4) is 0 Å². The molecule has 0 spiro atoms. The molecule has 1 N–H and O–H groups in total. The van der Waals surface area contributed by atoms with Crippen LogP contribution < -0.4 is 5.32 Å². The maximum absolute atomic E-state index is 12.6. The van der Waals surface area contributed by atoms with Crippen LogP contribution in [-0.2, 0) is 24.8 Å². The summed E-state index contributed by atoms with van der Waals surface area (Å²) >= 11 is 0. The second kappa shape index (κ2) is 7.26. The maximum Gasteiger partial charge on any atom is 0.226 e. The molecule has 4 rings (SSSR count). The fraction of sp³-hybridized carbons (Fsp3) is 0.136. The number of nitrogens with one attached hydrogen (secondary N) is 1. The van der Waals surface area contributed by atoms with Crippen LogP contribution in [0.2, 0.25) is 0 Å². The van der Waals surface area contributed by atoms with E-state index in [0.717, 1.165) is 11.3 Å². The normalized spacial score (nSPS) is 14.3. The van der Waals surface area contributed by atoms with Crippen molar-refractivity contribution in [3.05, 3.63) is 88.8 Å². The number of carbonyl (C=O) groups excluding carboxylic acids is 1. The number of allylic oxidation sites excluding steroid dienone is 2. The first-order valence-electron chi connectivity index (χ1n) is 8.74. The molecular formula is C22H22N2OS. The number of hydrogen-bond donors (Lipinski definition) is 2. The fourth-order valence-electron chi connectivity index (χ4n) is 3.41. The van der Waals surface area contributed by atoms with Gasteiger partial charge in [0.15, 0.2) is 0 Å². The van der Waals surface area contributed by atoms with Crippen LogP contribution in [0.1, 0.15) is 11.3 Å². The van der Waals surface area contributed by atoms with E-state index in [2.05, 4.69) is 64.2 Å². The predicted molar refractivity (Wildman–Crippen MR) is 110 cm³/mol. The molecule has 4 heteroatoms. The third kappa shape index (κ3) is 3.20. The van der Waals surface area contributed by atoms with Crippen LogP contribution in [0.15, 0.2) is 82.5 Å². The number of fused-ring (bicyclic) bond motifs is 1. The molecular weight excluding hydrogens is 340 g/mol. The molecule has 1 aliphatic heterocycles. The molecule has 0 aliphatic carbocycles. The highest BCUT2D eigenvalue weighted by atomic mass is 32.2. The van der Waals surface area contributed by atoms with Gasteiger partial charge >= 0.3 is 0 Å². The van der Waals surface area contributed by atoms with E-state index in [0.29, 0.717) is 13.0 Å². The molecule has 0 saturated carbocycles. The number of thiol groups is 1. The Kier molecular flexibility index (Phi) is 4.67. The number of rotatable bonds is 5. The number of aromatic nitrogens is 1. The molecule has 0 bridgehead atoms. The third-order valence-electron chi connectivity index (χ3n) is 4.72. The van der Waals surface area contributed by atoms with E-state index in [4.69, 9.17) is 0 Å². The highest BCUT2D eigenvalue weighted by Gasteiger charge is 2.20. The first-order chi connectivity index (χ1) is 12.7. The van der Waals surface area contributed by atoms with E-state index in [-0.39, 0.29) is 5.91 Å². The molecule has 1 amide bonds. The van der Waals surface area contributed by atoms with Gasteiger partial charge in [-0.2, -0.15) is 10.9 Å². The summed E-state index contributed by atoms with van der Waals surface area (Å²) in [5, 5.41) is 8.81. The lowest BCUT2D eigenvalue weighted by Gasteiger charge is -2.14. The fourth-order valence-corrected chi connectivity index (χ4v) is 5.37. The van der Waals surface area contributed by atoms with Gasteiger partial charge in [-0.05, 0) is 22.4 Å². The van der Waals surface area contributed by atoms with Crippen LogP contribution in [0.25, 0.3) is 10.9 Å². The van der Waals surface area contributed by atoms with Gasteiger partial charge in [0.2, 0.25) is 5.91 Å². The van der Waals surface area contributed by atoms with E-state index >= 15 is 0 Å². The summed E-state index contributed by atoms with van der Waals surface area (Å²) in [5.74, 6) is 0.0585. The summed E-state index contributed by atoms with van der Waals surface area (Å²) in [6.07, 6.45) is 4.60. The Bertz CT molecular complexity index is 990. The Labute approximate surface area is 156 Å². The smallest absolute Gasteiger partial charge is 0.226 e. The van der Waals surface area contributed by atoms with Gasteiger partial charge in [0.25, 0.3) is 0 Å². The molecule has 1 aliphatic rings. The number of carbonyl (C=O) groups is 1. The highest BCUT2D eigenvalue weighted by Crippen LogP contribution is 2.48. The van der Waals surface area contributed by atoms with Crippen molar-refractivity contribution >= 4 is 27.7 Å². The van der Waals surface area contributed by atoms with Crippen molar-refractivity contribution in [2.45, 2.75) is 17.9 Å². The second-order valence-corrected chi connectivity index (χ2v) is 8.26. The van der Waals surface area contributed by atoms with Gasteiger partial charge in [-0.3, -0.25) is 4.79 Å². The van der Waals surface area contributed by atoms with Crippen molar-refractivity contribution in [1.82, 2.24) is 9.88 Å². The van der Waals surface area contributed by atoms with Crippen LogP contribution in [0, 0.1) is 0 Å². The summed E-state index contributed by atoms with van der Waals surface area (Å²) in [6.45, 7) is 0.563. The summed E-state index contributed by atoms with van der Waals surface area (Å²) in [4.78, 5) is 13.9. The molecule has 3 nitrogen and oxygen atoms in total. The Morgan fingerprint density at radius 2 is 1.69 bits per heavy atom. The third-order valence-corrected chi connectivity index (χ3v) is 6.72. The Morgan fingerprint density at radius 3 is 2.46 bits per heavy atom. The molecule has 3 aromatic rings. The average molecular weight is 362 g/mol. The second-order valence-electron chi connectivity index (χ2n) is 6.40. The quantitative estimate of drug-likeness (QED) is 0.647. The number of hydrogen-bond acceptors (Lipinski definition) is 1. The van der Waals surface area contributed by atoms with Gasteiger partial charge in [-0.25, -0.2) is 0 Å². The molecule has 2 aromatic carbocycles. The van der Waals surface area contributed by atoms with Crippen LogP contribution >= 0.6 is 10.9 Å². The molecule has 1 aromatic heterocycles. The molecule has 132 valence electrons. The molecule has 0 radical (unpaired) electrons. The Hall–Kier alpha value is -2.72. The van der Waals surface area contributed by atoms with Crippen molar-refractivity contribution in [1.29, 1.82) is 0 Å². The van der Waals surface area contributed by atoms with E-state index < -0.39 is 10.9 Å². The lowest BCUT2D eigenvalue weighted by Crippen LogP contribution is -2.25. The number of benzene rings is 2. The van der Waals surface area contributed by atoms with Crippen LogP contribution in [0.4, 0.5) is 0 Å². The summed E-state index contributed by atoms with van der Waals surface area (Å²) in [6, 6.07) is 18.4. The summed E-state index contributed by atoms with van der Waals surface area (Å²) in [7, 11) is 1.57. The lowest BCUT2D eigenvalue weighted by atomic mass is 10.2. The molecule has 0 fully saturated rings. The van der Waals surface area contributed by atoms with Gasteiger partial charge < -0.3 is 9.88 Å². The van der Waals surface area contributed by atoms with Crippen molar-refractivity contribution < 1.29 is 4.79 Å². The van der Waals surface area contributed by atoms with E-state index in [1.807, 2.05) is 30.3 Å². The van der Waals surface area contributed by atoms with E-state index in [1.165, 1.54) is 15.8 Å². The first kappa shape index (κ1) is 16.7. The number of para-hydroxylation sites is 1. The zero-order valence-electron chi connectivity index (χ0n) is 14.7. The molecule has 0 atom stereocenters. The number of amides is 1. The average Bonchev–Trinajstić information content (AvgIpc) is 3.29. The van der Waals surface area contributed by atoms with E-state index in [9.17, 15) is 4.79 Å². The Balaban J connectivity index is 1.62. The minimum Gasteiger partial charge on any atom is -0.352 e. The van der Waals surface area contributed by atoms with Crippen LogP contribution in [-0.4, -0.2) is 10.5 Å². The molecule has 0 unspecified atom stereocenters. The monoisotopic (exact) mass is 362 g/mol. The van der Waals surface area contributed by atoms with Gasteiger partial charge in [0, 0.05) is 35.1 Å². The van der Waals surface area contributed by atoms with Gasteiger partial charge in [0.1, 0.15) is 0 Å². The number of nitrogens with zero attached hydrogens (tertiary/aromatic N) is 1. The van der Waals surface area contributed by atoms with Crippen molar-refractivity contribution in [3.8, 4) is 0 Å². The predicted octanol–water partition coefficient (Wildman–Crippen LogP) is 4.44.